The zero-order valence-corrected chi connectivity index (χ0v) is 12.6. The predicted octanol–water partition coefficient (Wildman–Crippen LogP) is 3.19. The van der Waals surface area contributed by atoms with E-state index >= 15 is 0 Å². The molecule has 1 aromatic carbocycles. The van der Waals surface area contributed by atoms with Crippen molar-refractivity contribution in [2.24, 2.45) is 0 Å². The third-order valence-electron chi connectivity index (χ3n) is 3.44. The molecule has 0 aliphatic heterocycles. The van der Waals surface area contributed by atoms with Crippen molar-refractivity contribution in [2.45, 2.75) is 25.4 Å². The number of halogens is 2. The highest BCUT2D eigenvalue weighted by atomic mass is 79.9. The molecule has 0 saturated heterocycles. The fourth-order valence-electron chi connectivity index (χ4n) is 1.89. The van der Waals surface area contributed by atoms with Gasteiger partial charge in [0.2, 0.25) is 0 Å². The molecule has 0 saturated carbocycles. The molecule has 1 aromatic rings. The summed E-state index contributed by atoms with van der Waals surface area (Å²) >= 11 is 3.23. The summed E-state index contributed by atoms with van der Waals surface area (Å²) in [6.07, 6.45) is 0. The van der Waals surface area contributed by atoms with Crippen molar-refractivity contribution in [1.82, 2.24) is 10.2 Å². The lowest BCUT2D eigenvalue weighted by atomic mass is 9.87. The number of likely N-dealkylation sites (N-methyl/N-ethyl adjacent to an activating group) is 2. The van der Waals surface area contributed by atoms with Gasteiger partial charge in [0.1, 0.15) is 5.82 Å². The van der Waals surface area contributed by atoms with Crippen LogP contribution in [0.5, 0.6) is 0 Å². The van der Waals surface area contributed by atoms with Crippen LogP contribution in [0.3, 0.4) is 0 Å². The van der Waals surface area contributed by atoms with Gasteiger partial charge in [-0.15, -0.1) is 0 Å². The van der Waals surface area contributed by atoms with Crippen LogP contribution in [0.25, 0.3) is 0 Å². The molecule has 0 heterocycles. The number of rotatable bonds is 4. The lowest BCUT2D eigenvalue weighted by Crippen LogP contribution is -2.48. The van der Waals surface area contributed by atoms with Gasteiger partial charge in [0.25, 0.3) is 0 Å². The average molecular weight is 303 g/mol. The molecule has 0 aliphatic rings. The van der Waals surface area contributed by atoms with Crippen LogP contribution in [0, 0.1) is 5.82 Å². The summed E-state index contributed by atoms with van der Waals surface area (Å²) in [5.74, 6) is -0.193. The van der Waals surface area contributed by atoms with Crippen molar-refractivity contribution in [2.75, 3.05) is 21.1 Å². The van der Waals surface area contributed by atoms with Crippen molar-refractivity contribution in [1.29, 1.82) is 0 Å². The molecule has 4 heteroatoms. The van der Waals surface area contributed by atoms with E-state index in [2.05, 4.69) is 40.0 Å². The number of nitrogens with zero attached hydrogens (tertiary/aromatic N) is 1. The summed E-state index contributed by atoms with van der Waals surface area (Å²) in [7, 11) is 5.86. The molecule has 0 aromatic heterocycles. The largest absolute Gasteiger partial charge is 0.311 e. The molecule has 1 rings (SSSR count). The van der Waals surface area contributed by atoms with E-state index in [9.17, 15) is 4.39 Å². The zero-order valence-electron chi connectivity index (χ0n) is 11.0. The molecule has 96 valence electrons. The van der Waals surface area contributed by atoms with Gasteiger partial charge in [-0.2, -0.15) is 0 Å². The summed E-state index contributed by atoms with van der Waals surface area (Å²) in [5, 5.41) is 3.21. The molecule has 1 N–H and O–H groups in total. The van der Waals surface area contributed by atoms with Gasteiger partial charge >= 0.3 is 0 Å². The molecule has 0 bridgehead atoms. The fourth-order valence-corrected chi connectivity index (χ4v) is 2.27. The minimum Gasteiger partial charge on any atom is -0.311 e. The Morgan fingerprint density at radius 3 is 2.41 bits per heavy atom. The first kappa shape index (κ1) is 14.6. The van der Waals surface area contributed by atoms with Crippen molar-refractivity contribution >= 4 is 15.9 Å². The van der Waals surface area contributed by atoms with E-state index in [1.807, 2.05) is 33.3 Å². The van der Waals surface area contributed by atoms with E-state index < -0.39 is 0 Å². The third kappa shape index (κ3) is 2.87. The normalized spacial score (nSPS) is 14.1. The van der Waals surface area contributed by atoms with Crippen molar-refractivity contribution < 1.29 is 4.39 Å². The molecule has 1 unspecified atom stereocenters. The molecule has 0 spiro atoms. The van der Waals surface area contributed by atoms with E-state index in [0.29, 0.717) is 10.0 Å². The van der Waals surface area contributed by atoms with Crippen LogP contribution in [0.4, 0.5) is 4.39 Å². The number of benzene rings is 1. The molecular formula is C13H20BrFN2. The first-order valence-corrected chi connectivity index (χ1v) is 6.40. The van der Waals surface area contributed by atoms with Gasteiger partial charge in [-0.05, 0) is 57.0 Å². The second-order valence-corrected chi connectivity index (χ2v) is 5.77. The molecule has 0 radical (unpaired) electrons. The van der Waals surface area contributed by atoms with E-state index in [1.165, 1.54) is 0 Å². The number of hydrogen-bond acceptors (Lipinski definition) is 2. The van der Waals surface area contributed by atoms with Gasteiger partial charge in [0.05, 0.1) is 10.5 Å². The summed E-state index contributed by atoms with van der Waals surface area (Å²) in [5.41, 5.74) is 0.497. The smallest absolute Gasteiger partial charge is 0.142 e. The molecule has 1 atom stereocenters. The number of nitrogens with one attached hydrogen (secondary N) is 1. The van der Waals surface area contributed by atoms with Crippen molar-refractivity contribution in [3.8, 4) is 0 Å². The molecule has 0 fully saturated rings. The Morgan fingerprint density at radius 2 is 1.94 bits per heavy atom. The van der Waals surface area contributed by atoms with E-state index in [-0.39, 0.29) is 17.4 Å². The highest BCUT2D eigenvalue weighted by molar-refractivity contribution is 9.10. The van der Waals surface area contributed by atoms with Crippen LogP contribution in [0.15, 0.2) is 22.7 Å². The second-order valence-electron chi connectivity index (χ2n) is 4.91. The Balaban J connectivity index is 3.23. The maximum Gasteiger partial charge on any atom is 0.142 e. The summed E-state index contributed by atoms with van der Waals surface area (Å²) < 4.78 is 14.6. The predicted molar refractivity (Wildman–Crippen MR) is 73.7 cm³/mol. The van der Waals surface area contributed by atoms with Crippen LogP contribution in [0.2, 0.25) is 0 Å². The van der Waals surface area contributed by atoms with Crippen LogP contribution in [-0.4, -0.2) is 31.6 Å². The average Bonchev–Trinajstić information content (AvgIpc) is 2.24. The van der Waals surface area contributed by atoms with Crippen LogP contribution < -0.4 is 5.32 Å². The Bertz CT molecular complexity index is 391. The van der Waals surface area contributed by atoms with Crippen LogP contribution in [0.1, 0.15) is 25.5 Å². The fraction of sp³-hybridized carbons (Fsp3) is 0.538. The Hall–Kier alpha value is -0.450. The van der Waals surface area contributed by atoms with Gasteiger partial charge < -0.3 is 10.2 Å². The minimum atomic E-state index is -0.193. The van der Waals surface area contributed by atoms with Gasteiger partial charge in [-0.25, -0.2) is 4.39 Å². The molecule has 0 aliphatic carbocycles. The quantitative estimate of drug-likeness (QED) is 0.919. The van der Waals surface area contributed by atoms with E-state index in [0.717, 1.165) is 0 Å². The minimum absolute atomic E-state index is 0.0741. The standard InChI is InChI=1S/C13H20BrFN2/c1-13(2,17(4)5)12(16-3)9-7-6-8-10(14)11(9)15/h6-8,12,16H,1-5H3. The Kier molecular flexibility index (Phi) is 4.69. The number of hydrogen-bond donors (Lipinski definition) is 1. The zero-order chi connectivity index (χ0) is 13.2. The van der Waals surface area contributed by atoms with Crippen molar-refractivity contribution in [3.63, 3.8) is 0 Å². The van der Waals surface area contributed by atoms with Gasteiger partial charge in [0, 0.05) is 11.1 Å². The van der Waals surface area contributed by atoms with Gasteiger partial charge in [0.15, 0.2) is 0 Å². The highest BCUT2D eigenvalue weighted by Gasteiger charge is 2.33. The van der Waals surface area contributed by atoms with E-state index in [4.69, 9.17) is 0 Å². The summed E-state index contributed by atoms with van der Waals surface area (Å²) in [6, 6.07) is 5.33. The lowest BCUT2D eigenvalue weighted by molar-refractivity contribution is 0.140. The van der Waals surface area contributed by atoms with Gasteiger partial charge in [-0.3, -0.25) is 0 Å². The molecule has 2 nitrogen and oxygen atoms in total. The summed E-state index contributed by atoms with van der Waals surface area (Å²) in [6.45, 7) is 4.18. The maximum absolute atomic E-state index is 14.1. The first-order chi connectivity index (χ1) is 7.82. The highest BCUT2D eigenvalue weighted by Crippen LogP contribution is 2.32. The van der Waals surface area contributed by atoms with E-state index in [1.54, 1.807) is 6.07 Å². The topological polar surface area (TPSA) is 15.3 Å². The van der Waals surface area contributed by atoms with Crippen molar-refractivity contribution in [3.05, 3.63) is 34.1 Å². The second kappa shape index (κ2) is 5.46. The SMILES string of the molecule is CNC(c1cccc(Br)c1F)C(C)(C)N(C)C. The first-order valence-electron chi connectivity index (χ1n) is 5.61. The molecule has 0 amide bonds. The maximum atomic E-state index is 14.1. The summed E-state index contributed by atoms with van der Waals surface area (Å²) in [4.78, 5) is 2.09. The third-order valence-corrected chi connectivity index (χ3v) is 4.05. The molecular weight excluding hydrogens is 283 g/mol. The van der Waals surface area contributed by atoms with Gasteiger partial charge in [-0.1, -0.05) is 12.1 Å². The monoisotopic (exact) mass is 302 g/mol. The Labute approximate surface area is 111 Å². The van der Waals surface area contributed by atoms with Crippen LogP contribution in [-0.2, 0) is 0 Å². The lowest BCUT2D eigenvalue weighted by Gasteiger charge is -2.40. The molecule has 17 heavy (non-hydrogen) atoms. The Morgan fingerprint density at radius 1 is 1.35 bits per heavy atom. The van der Waals surface area contributed by atoms with Crippen LogP contribution >= 0.6 is 15.9 Å².